The maximum absolute atomic E-state index is 12.1. The summed E-state index contributed by atoms with van der Waals surface area (Å²) in [5, 5.41) is 8.94. The highest BCUT2D eigenvalue weighted by atomic mass is 32.1. The Hall–Kier alpha value is -1.77. The van der Waals surface area contributed by atoms with E-state index >= 15 is 0 Å². The van der Waals surface area contributed by atoms with E-state index in [4.69, 9.17) is 9.26 Å². The van der Waals surface area contributed by atoms with E-state index in [1.807, 2.05) is 17.5 Å². The molecule has 1 saturated heterocycles. The molecule has 3 rings (SSSR count). The molecule has 0 unspecified atom stereocenters. The van der Waals surface area contributed by atoms with E-state index in [1.54, 1.807) is 11.3 Å². The van der Waals surface area contributed by atoms with Crippen molar-refractivity contribution in [1.29, 1.82) is 0 Å². The number of aryl methyl sites for hydroxylation is 1. The predicted octanol–water partition coefficient (Wildman–Crippen LogP) is 1.96. The second-order valence-electron chi connectivity index (χ2n) is 6.68. The summed E-state index contributed by atoms with van der Waals surface area (Å²) in [7, 11) is 0. The first-order valence-electron chi connectivity index (χ1n) is 8.50. The van der Waals surface area contributed by atoms with Gasteiger partial charge in [0.15, 0.2) is 0 Å². The molecule has 0 aliphatic carbocycles. The minimum Gasteiger partial charge on any atom is -0.379 e. The van der Waals surface area contributed by atoms with Gasteiger partial charge in [-0.15, -0.1) is 11.3 Å². The second kappa shape index (κ2) is 8.07. The number of hydrogen-bond acceptors (Lipinski definition) is 7. The van der Waals surface area contributed by atoms with Gasteiger partial charge in [-0.3, -0.25) is 9.69 Å². The maximum Gasteiger partial charge on any atom is 0.227 e. The standard InChI is InChI=1S/C17H24N4O3S/c1-17(2,21-7-9-23-10-8-21)12-18-14(22)5-6-15-19-16(20-24-15)13-4-3-11-25-13/h3-4,11H,5-10,12H2,1-2H3,(H,18,22). The maximum atomic E-state index is 12.1. The van der Waals surface area contributed by atoms with Crippen LogP contribution in [0.25, 0.3) is 10.7 Å². The number of thiophene rings is 1. The topological polar surface area (TPSA) is 80.5 Å². The fraction of sp³-hybridized carbons (Fsp3) is 0.588. The Morgan fingerprint density at radius 3 is 2.92 bits per heavy atom. The molecule has 2 aromatic heterocycles. The van der Waals surface area contributed by atoms with Crippen molar-refractivity contribution in [2.24, 2.45) is 0 Å². The SMILES string of the molecule is CC(C)(CNC(=O)CCc1nc(-c2cccs2)no1)N1CCOCC1. The lowest BCUT2D eigenvalue weighted by Gasteiger charge is -2.40. The van der Waals surface area contributed by atoms with Crippen LogP contribution >= 0.6 is 11.3 Å². The van der Waals surface area contributed by atoms with Crippen molar-refractivity contribution in [3.63, 3.8) is 0 Å². The summed E-state index contributed by atoms with van der Waals surface area (Å²) in [4.78, 5) is 19.8. The van der Waals surface area contributed by atoms with Gasteiger partial charge < -0.3 is 14.6 Å². The molecule has 136 valence electrons. The van der Waals surface area contributed by atoms with Crippen molar-refractivity contribution in [2.75, 3.05) is 32.8 Å². The van der Waals surface area contributed by atoms with Crippen LogP contribution in [0.3, 0.4) is 0 Å². The Morgan fingerprint density at radius 1 is 1.40 bits per heavy atom. The third-order valence-corrected chi connectivity index (χ3v) is 5.23. The number of hydrogen-bond donors (Lipinski definition) is 1. The van der Waals surface area contributed by atoms with Crippen LogP contribution in [0.2, 0.25) is 0 Å². The predicted molar refractivity (Wildman–Crippen MR) is 95.4 cm³/mol. The lowest BCUT2D eigenvalue weighted by molar-refractivity contribution is -0.122. The molecule has 2 aromatic rings. The number of carbonyl (C=O) groups excluding carboxylic acids is 1. The van der Waals surface area contributed by atoms with Crippen LogP contribution < -0.4 is 5.32 Å². The number of amides is 1. The quantitative estimate of drug-likeness (QED) is 0.809. The summed E-state index contributed by atoms with van der Waals surface area (Å²) in [6.45, 7) is 8.19. The summed E-state index contributed by atoms with van der Waals surface area (Å²) >= 11 is 1.56. The van der Waals surface area contributed by atoms with Crippen LogP contribution in [-0.2, 0) is 16.0 Å². The van der Waals surface area contributed by atoms with Crippen molar-refractivity contribution < 1.29 is 14.1 Å². The van der Waals surface area contributed by atoms with E-state index < -0.39 is 0 Å². The molecule has 0 radical (unpaired) electrons. The van der Waals surface area contributed by atoms with Gasteiger partial charge in [0.05, 0.1) is 18.1 Å². The van der Waals surface area contributed by atoms with E-state index in [0.717, 1.165) is 31.2 Å². The molecule has 1 amide bonds. The van der Waals surface area contributed by atoms with Crippen LogP contribution in [0.1, 0.15) is 26.2 Å². The van der Waals surface area contributed by atoms with Gasteiger partial charge >= 0.3 is 0 Å². The van der Waals surface area contributed by atoms with Crippen molar-refractivity contribution in [2.45, 2.75) is 32.2 Å². The highest BCUT2D eigenvalue weighted by Gasteiger charge is 2.28. The van der Waals surface area contributed by atoms with E-state index in [9.17, 15) is 4.79 Å². The Balaban J connectivity index is 1.43. The third kappa shape index (κ3) is 4.87. The highest BCUT2D eigenvalue weighted by Crippen LogP contribution is 2.21. The molecule has 7 nitrogen and oxygen atoms in total. The molecule has 0 bridgehead atoms. The molecule has 8 heteroatoms. The molecule has 1 fully saturated rings. The molecular formula is C17H24N4O3S. The van der Waals surface area contributed by atoms with Crippen molar-refractivity contribution in [1.82, 2.24) is 20.4 Å². The van der Waals surface area contributed by atoms with Gasteiger partial charge in [-0.1, -0.05) is 11.2 Å². The van der Waals surface area contributed by atoms with Crippen molar-refractivity contribution in [3.05, 3.63) is 23.4 Å². The number of nitrogens with zero attached hydrogens (tertiary/aromatic N) is 3. The van der Waals surface area contributed by atoms with Gasteiger partial charge in [-0.25, -0.2) is 0 Å². The van der Waals surface area contributed by atoms with Crippen LogP contribution in [0.4, 0.5) is 0 Å². The molecule has 25 heavy (non-hydrogen) atoms. The molecule has 0 aromatic carbocycles. The fourth-order valence-corrected chi connectivity index (χ4v) is 3.42. The lowest BCUT2D eigenvalue weighted by Crippen LogP contribution is -2.55. The number of carbonyl (C=O) groups is 1. The van der Waals surface area contributed by atoms with Gasteiger partial charge in [0.2, 0.25) is 17.6 Å². The average molecular weight is 364 g/mol. The Kier molecular flexibility index (Phi) is 5.82. The average Bonchev–Trinajstić information content (AvgIpc) is 3.30. The zero-order valence-corrected chi connectivity index (χ0v) is 15.5. The molecule has 1 N–H and O–H groups in total. The Morgan fingerprint density at radius 2 is 2.20 bits per heavy atom. The molecule has 1 aliphatic heterocycles. The monoisotopic (exact) mass is 364 g/mol. The van der Waals surface area contributed by atoms with Gasteiger partial charge in [0, 0.05) is 38.0 Å². The van der Waals surface area contributed by atoms with Crippen molar-refractivity contribution >= 4 is 17.2 Å². The minimum absolute atomic E-state index is 0.00259. The van der Waals surface area contributed by atoms with Crippen molar-refractivity contribution in [3.8, 4) is 10.7 Å². The molecule has 1 aliphatic rings. The molecule has 0 saturated carbocycles. The summed E-state index contributed by atoms with van der Waals surface area (Å²) in [6.07, 6.45) is 0.785. The Bertz CT molecular complexity index is 678. The summed E-state index contributed by atoms with van der Waals surface area (Å²) in [5.41, 5.74) is -0.0870. The van der Waals surface area contributed by atoms with E-state index in [0.29, 0.717) is 31.1 Å². The number of aromatic nitrogens is 2. The molecule has 0 atom stereocenters. The normalized spacial score (nSPS) is 16.1. The lowest BCUT2D eigenvalue weighted by atomic mass is 10.0. The first-order valence-corrected chi connectivity index (χ1v) is 9.38. The number of ether oxygens (including phenoxy) is 1. The van der Waals surface area contributed by atoms with E-state index in [2.05, 4.69) is 34.2 Å². The number of nitrogens with one attached hydrogen (secondary N) is 1. The van der Waals surface area contributed by atoms with Crippen LogP contribution in [0.5, 0.6) is 0 Å². The second-order valence-corrected chi connectivity index (χ2v) is 7.63. The zero-order valence-electron chi connectivity index (χ0n) is 14.7. The number of morpholine rings is 1. The summed E-state index contributed by atoms with van der Waals surface area (Å²) in [6, 6.07) is 3.89. The van der Waals surface area contributed by atoms with E-state index in [-0.39, 0.29) is 11.4 Å². The van der Waals surface area contributed by atoms with Crippen LogP contribution in [0, 0.1) is 0 Å². The van der Waals surface area contributed by atoms with Gasteiger partial charge in [0.25, 0.3) is 0 Å². The largest absolute Gasteiger partial charge is 0.379 e. The van der Waals surface area contributed by atoms with Crippen LogP contribution in [0.15, 0.2) is 22.0 Å². The fourth-order valence-electron chi connectivity index (χ4n) is 2.77. The number of rotatable bonds is 7. The zero-order chi connectivity index (χ0) is 17.7. The van der Waals surface area contributed by atoms with Gasteiger partial charge in [0.1, 0.15) is 0 Å². The molecular weight excluding hydrogens is 340 g/mol. The Labute approximate surface area is 151 Å². The van der Waals surface area contributed by atoms with Gasteiger partial charge in [-0.2, -0.15) is 4.98 Å². The smallest absolute Gasteiger partial charge is 0.227 e. The third-order valence-electron chi connectivity index (χ3n) is 4.36. The summed E-state index contributed by atoms with van der Waals surface area (Å²) in [5.74, 6) is 1.07. The van der Waals surface area contributed by atoms with Gasteiger partial charge in [-0.05, 0) is 25.3 Å². The minimum atomic E-state index is -0.0870. The molecule has 3 heterocycles. The molecule has 0 spiro atoms. The van der Waals surface area contributed by atoms with Crippen LogP contribution in [-0.4, -0.2) is 59.3 Å². The first-order chi connectivity index (χ1) is 12.0. The first kappa shape index (κ1) is 18.0. The highest BCUT2D eigenvalue weighted by molar-refractivity contribution is 7.13. The summed E-state index contributed by atoms with van der Waals surface area (Å²) < 4.78 is 10.6. The van der Waals surface area contributed by atoms with E-state index in [1.165, 1.54) is 0 Å².